The normalized spacial score (nSPS) is 37.9. The van der Waals surface area contributed by atoms with E-state index in [1.54, 1.807) is 0 Å². The van der Waals surface area contributed by atoms with E-state index >= 15 is 0 Å². The first-order chi connectivity index (χ1) is 8.05. The van der Waals surface area contributed by atoms with E-state index < -0.39 is 17.4 Å². The van der Waals surface area contributed by atoms with Crippen molar-refractivity contribution in [2.75, 3.05) is 12.1 Å². The summed E-state index contributed by atoms with van der Waals surface area (Å²) >= 11 is 6.29. The molecule has 2 aliphatic heterocycles. The lowest BCUT2D eigenvalue weighted by atomic mass is 10.0. The zero-order chi connectivity index (χ0) is 12.4. The van der Waals surface area contributed by atoms with Crippen molar-refractivity contribution >= 4 is 29.0 Å². The summed E-state index contributed by atoms with van der Waals surface area (Å²) in [5, 5.41) is 0. The van der Waals surface area contributed by atoms with Gasteiger partial charge in [0.1, 0.15) is 0 Å². The first-order valence-corrected chi connectivity index (χ1v) is 12.1. The molecule has 0 aromatic carbocycles. The first-order valence-electron chi connectivity index (χ1n) is 6.93. The van der Waals surface area contributed by atoms with Crippen molar-refractivity contribution < 1.29 is 8.85 Å². The molecule has 2 heterocycles. The Balaban J connectivity index is 1.97. The number of alkyl halides is 1. The summed E-state index contributed by atoms with van der Waals surface area (Å²) < 4.78 is 12.5. The van der Waals surface area contributed by atoms with Gasteiger partial charge in [0.25, 0.3) is 0 Å². The fourth-order valence-corrected chi connectivity index (χ4v) is 14.7. The van der Waals surface area contributed by atoms with Crippen LogP contribution in [0.15, 0.2) is 0 Å². The molecule has 2 saturated heterocycles. The Labute approximate surface area is 113 Å². The molecule has 0 aromatic rings. The zero-order valence-electron chi connectivity index (χ0n) is 11.1. The van der Waals surface area contributed by atoms with Crippen LogP contribution in [0.5, 0.6) is 0 Å². The van der Waals surface area contributed by atoms with Crippen LogP contribution in [-0.4, -0.2) is 35.1 Å². The Bertz CT molecular complexity index is 257. The Kier molecular flexibility index (Phi) is 4.75. The van der Waals surface area contributed by atoms with E-state index in [2.05, 4.69) is 13.8 Å². The molecular weight excluding hydrogens is 268 g/mol. The van der Waals surface area contributed by atoms with Crippen LogP contribution in [0, 0.1) is 0 Å². The maximum absolute atomic E-state index is 6.47. The van der Waals surface area contributed by atoms with Gasteiger partial charge in [-0.15, -0.1) is 11.6 Å². The average molecular weight is 293 g/mol. The largest absolute Gasteiger partial charge is 0.420 e. The SMILES string of the molecule is CC1(C)CCC[Si](CCl)(C[SiH]2CCCCO2)O1. The van der Waals surface area contributed by atoms with E-state index in [1.165, 1.54) is 43.4 Å². The van der Waals surface area contributed by atoms with Crippen LogP contribution < -0.4 is 0 Å². The number of hydrogen-bond acceptors (Lipinski definition) is 2. The van der Waals surface area contributed by atoms with Gasteiger partial charge in [0.05, 0.1) is 5.60 Å². The molecule has 0 aliphatic carbocycles. The lowest BCUT2D eigenvalue weighted by Gasteiger charge is -2.44. The maximum atomic E-state index is 6.47. The van der Waals surface area contributed by atoms with Gasteiger partial charge in [-0.2, -0.15) is 0 Å². The monoisotopic (exact) mass is 292 g/mol. The van der Waals surface area contributed by atoms with Gasteiger partial charge in [0.15, 0.2) is 9.04 Å². The molecule has 5 heteroatoms. The maximum Gasteiger partial charge on any atom is 0.207 e. The molecule has 2 fully saturated rings. The minimum Gasteiger partial charge on any atom is -0.420 e. The van der Waals surface area contributed by atoms with Crippen molar-refractivity contribution in [1.82, 2.24) is 0 Å². The number of rotatable bonds is 3. The highest BCUT2D eigenvalue weighted by atomic mass is 35.5. The Morgan fingerprint density at radius 2 is 2.12 bits per heavy atom. The van der Waals surface area contributed by atoms with Crippen LogP contribution in [-0.2, 0) is 8.85 Å². The highest BCUT2D eigenvalue weighted by Gasteiger charge is 2.45. The van der Waals surface area contributed by atoms with Crippen molar-refractivity contribution in [2.24, 2.45) is 0 Å². The summed E-state index contributed by atoms with van der Waals surface area (Å²) in [5.41, 5.74) is 2.08. The summed E-state index contributed by atoms with van der Waals surface area (Å²) in [6, 6.07) is 2.60. The molecule has 0 amide bonds. The van der Waals surface area contributed by atoms with E-state index in [4.69, 9.17) is 20.5 Å². The molecule has 0 aromatic heterocycles. The van der Waals surface area contributed by atoms with Crippen molar-refractivity contribution in [3.8, 4) is 0 Å². The second-order valence-electron chi connectivity index (χ2n) is 6.22. The molecule has 2 atom stereocenters. The van der Waals surface area contributed by atoms with Crippen molar-refractivity contribution in [2.45, 2.75) is 62.9 Å². The van der Waals surface area contributed by atoms with E-state index in [1.807, 2.05) is 0 Å². The molecule has 0 spiro atoms. The number of hydrogen-bond donors (Lipinski definition) is 0. The number of halogens is 1. The summed E-state index contributed by atoms with van der Waals surface area (Å²) in [6.07, 6.45) is 5.11. The topological polar surface area (TPSA) is 18.5 Å². The molecule has 0 saturated carbocycles. The van der Waals surface area contributed by atoms with Gasteiger partial charge in [-0.1, -0.05) is 12.8 Å². The molecule has 0 radical (unpaired) electrons. The van der Waals surface area contributed by atoms with E-state index in [9.17, 15) is 0 Å². The van der Waals surface area contributed by atoms with Crippen LogP contribution >= 0.6 is 11.6 Å². The highest BCUT2D eigenvalue weighted by Crippen LogP contribution is 2.37. The molecule has 2 aliphatic rings. The molecule has 2 unspecified atom stereocenters. The Morgan fingerprint density at radius 3 is 2.71 bits per heavy atom. The third-order valence-electron chi connectivity index (χ3n) is 4.02. The van der Waals surface area contributed by atoms with E-state index in [0.717, 1.165) is 12.1 Å². The van der Waals surface area contributed by atoms with Crippen molar-refractivity contribution in [3.05, 3.63) is 0 Å². The van der Waals surface area contributed by atoms with Gasteiger partial charge in [-0.25, -0.2) is 0 Å². The fourth-order valence-electron chi connectivity index (χ4n) is 3.20. The summed E-state index contributed by atoms with van der Waals surface area (Å²) in [4.78, 5) is 0. The Morgan fingerprint density at radius 1 is 1.29 bits per heavy atom. The standard InChI is InChI=1S/C12H25ClO2Si2/c1-12(2)6-5-9-17(10-13,15-12)11-16-8-4-3-7-14-16/h16H,3-11H2,1-2H3. The van der Waals surface area contributed by atoms with Gasteiger partial charge in [0.2, 0.25) is 8.32 Å². The predicted octanol–water partition coefficient (Wildman–Crippen LogP) is 3.37. The van der Waals surface area contributed by atoms with Gasteiger partial charge in [-0.05, 0) is 44.4 Å². The molecule has 2 nitrogen and oxygen atoms in total. The van der Waals surface area contributed by atoms with Crippen LogP contribution in [0.1, 0.15) is 39.5 Å². The zero-order valence-corrected chi connectivity index (χ0v) is 14.0. The summed E-state index contributed by atoms with van der Waals surface area (Å²) in [5.74, 6) is 0. The second kappa shape index (κ2) is 5.74. The summed E-state index contributed by atoms with van der Waals surface area (Å²) in [7, 11) is -2.67. The van der Waals surface area contributed by atoms with Gasteiger partial charge in [-0.3, -0.25) is 0 Å². The predicted molar refractivity (Wildman–Crippen MR) is 77.6 cm³/mol. The van der Waals surface area contributed by atoms with E-state index in [-0.39, 0.29) is 5.60 Å². The highest BCUT2D eigenvalue weighted by molar-refractivity contribution is 6.88. The lowest BCUT2D eigenvalue weighted by Crippen LogP contribution is -2.54. The third kappa shape index (κ3) is 3.80. The molecule has 0 N–H and O–H groups in total. The third-order valence-corrected chi connectivity index (χ3v) is 14.8. The Hall–Kier alpha value is 0.644. The molecule has 0 bridgehead atoms. The van der Waals surface area contributed by atoms with E-state index in [0.29, 0.717) is 0 Å². The molecule has 100 valence electrons. The smallest absolute Gasteiger partial charge is 0.207 e. The van der Waals surface area contributed by atoms with Crippen LogP contribution in [0.3, 0.4) is 0 Å². The molecule has 2 rings (SSSR count). The average Bonchev–Trinajstić information content (AvgIpc) is 2.29. The fraction of sp³-hybridized carbons (Fsp3) is 1.00. The van der Waals surface area contributed by atoms with Gasteiger partial charge in [0, 0.05) is 12.1 Å². The van der Waals surface area contributed by atoms with Crippen LogP contribution in [0.25, 0.3) is 0 Å². The summed E-state index contributed by atoms with van der Waals surface area (Å²) in [6.45, 7) is 5.44. The lowest BCUT2D eigenvalue weighted by molar-refractivity contribution is 0.0705. The van der Waals surface area contributed by atoms with Crippen LogP contribution in [0.4, 0.5) is 0 Å². The molecular formula is C12H25ClO2Si2. The minimum absolute atomic E-state index is 0.0580. The van der Waals surface area contributed by atoms with Crippen molar-refractivity contribution in [1.29, 1.82) is 0 Å². The van der Waals surface area contributed by atoms with Crippen LogP contribution in [0.2, 0.25) is 17.8 Å². The van der Waals surface area contributed by atoms with Crippen molar-refractivity contribution in [3.63, 3.8) is 0 Å². The van der Waals surface area contributed by atoms with Gasteiger partial charge >= 0.3 is 0 Å². The first kappa shape index (κ1) is 14.1. The van der Waals surface area contributed by atoms with Gasteiger partial charge < -0.3 is 8.85 Å². The molecule has 17 heavy (non-hydrogen) atoms. The minimum atomic E-state index is -1.68. The second-order valence-corrected chi connectivity index (χ2v) is 14.2. The quantitative estimate of drug-likeness (QED) is 0.586.